The molecule has 0 bridgehead atoms. The molecule has 1 saturated heterocycles. The molecule has 0 spiro atoms. The van der Waals surface area contributed by atoms with E-state index in [0.29, 0.717) is 26.2 Å². The van der Waals surface area contributed by atoms with Crippen molar-refractivity contribution in [3.63, 3.8) is 0 Å². The maximum Gasteiger partial charge on any atom is 0.236 e. The standard InChI is InChI=1S/C14H27N3O3S.ClH/c1-3-17(21(2,19)20)13-6-8-16(9-7-13)14(18)11-15-10-12-4-5-12;/h12-13,15H,3-11H2,1-2H3;1H. The highest BCUT2D eigenvalue weighted by Gasteiger charge is 2.30. The van der Waals surface area contributed by atoms with E-state index >= 15 is 0 Å². The topological polar surface area (TPSA) is 69.7 Å². The summed E-state index contributed by atoms with van der Waals surface area (Å²) < 4.78 is 25.0. The molecule has 1 aliphatic heterocycles. The number of halogens is 1. The molecule has 8 heteroatoms. The van der Waals surface area contributed by atoms with Gasteiger partial charge in [0.15, 0.2) is 0 Å². The van der Waals surface area contributed by atoms with Crippen LogP contribution in [0.2, 0.25) is 0 Å². The van der Waals surface area contributed by atoms with Crippen molar-refractivity contribution in [2.75, 3.05) is 39.0 Å². The Kier molecular flexibility index (Phi) is 7.58. The van der Waals surface area contributed by atoms with Gasteiger partial charge in [-0.25, -0.2) is 8.42 Å². The van der Waals surface area contributed by atoms with E-state index in [0.717, 1.165) is 25.3 Å². The molecular formula is C14H28ClN3O3S. The number of hydrogen-bond donors (Lipinski definition) is 1. The average Bonchev–Trinajstić information content (AvgIpc) is 3.22. The molecule has 0 aromatic carbocycles. The van der Waals surface area contributed by atoms with Crippen molar-refractivity contribution in [3.8, 4) is 0 Å². The van der Waals surface area contributed by atoms with E-state index in [2.05, 4.69) is 5.32 Å². The van der Waals surface area contributed by atoms with Crippen LogP contribution < -0.4 is 5.32 Å². The van der Waals surface area contributed by atoms with Crippen LogP contribution in [0, 0.1) is 5.92 Å². The summed E-state index contributed by atoms with van der Waals surface area (Å²) in [5, 5.41) is 3.22. The third kappa shape index (κ3) is 5.68. The molecule has 22 heavy (non-hydrogen) atoms. The molecule has 1 amide bonds. The minimum atomic E-state index is -3.15. The van der Waals surface area contributed by atoms with Gasteiger partial charge >= 0.3 is 0 Å². The smallest absolute Gasteiger partial charge is 0.236 e. The Balaban J connectivity index is 0.00000242. The first-order chi connectivity index (χ1) is 9.91. The van der Waals surface area contributed by atoms with Gasteiger partial charge in [0.05, 0.1) is 12.8 Å². The molecule has 0 unspecified atom stereocenters. The summed E-state index contributed by atoms with van der Waals surface area (Å²) in [6, 6.07) is 0.0356. The fraction of sp³-hybridized carbons (Fsp3) is 0.929. The van der Waals surface area contributed by atoms with Gasteiger partial charge in [-0.15, -0.1) is 12.4 Å². The van der Waals surface area contributed by atoms with E-state index in [1.807, 2.05) is 11.8 Å². The molecule has 1 saturated carbocycles. The Morgan fingerprint density at radius 1 is 1.23 bits per heavy atom. The lowest BCUT2D eigenvalue weighted by Crippen LogP contribution is -2.50. The highest BCUT2D eigenvalue weighted by Crippen LogP contribution is 2.27. The lowest BCUT2D eigenvalue weighted by molar-refractivity contribution is -0.131. The molecule has 130 valence electrons. The van der Waals surface area contributed by atoms with Gasteiger partial charge in [-0.3, -0.25) is 4.79 Å². The van der Waals surface area contributed by atoms with Gasteiger partial charge in [0, 0.05) is 25.7 Å². The van der Waals surface area contributed by atoms with Crippen LogP contribution in [0.25, 0.3) is 0 Å². The SMILES string of the molecule is CCN(C1CCN(C(=O)CNCC2CC2)CC1)S(C)(=O)=O.Cl. The number of amides is 1. The predicted octanol–water partition coefficient (Wildman–Crippen LogP) is 0.680. The Morgan fingerprint density at radius 2 is 1.82 bits per heavy atom. The first kappa shape index (κ1) is 19.7. The second kappa shape index (κ2) is 8.47. The minimum Gasteiger partial charge on any atom is -0.341 e. The Hall–Kier alpha value is -0.370. The van der Waals surface area contributed by atoms with E-state index in [1.165, 1.54) is 19.1 Å². The fourth-order valence-electron chi connectivity index (χ4n) is 2.98. The Morgan fingerprint density at radius 3 is 2.27 bits per heavy atom. The molecular weight excluding hydrogens is 326 g/mol. The molecule has 1 N–H and O–H groups in total. The second-order valence-electron chi connectivity index (χ2n) is 6.15. The molecule has 1 aliphatic carbocycles. The van der Waals surface area contributed by atoms with E-state index in [4.69, 9.17) is 0 Å². The number of sulfonamides is 1. The summed E-state index contributed by atoms with van der Waals surface area (Å²) in [4.78, 5) is 13.9. The molecule has 0 aromatic heterocycles. The van der Waals surface area contributed by atoms with Gasteiger partial charge in [0.2, 0.25) is 15.9 Å². The van der Waals surface area contributed by atoms with Gasteiger partial charge < -0.3 is 10.2 Å². The molecule has 0 atom stereocenters. The van der Waals surface area contributed by atoms with Crippen molar-refractivity contribution in [1.82, 2.24) is 14.5 Å². The number of carbonyl (C=O) groups excluding carboxylic acids is 1. The number of nitrogens with zero attached hydrogens (tertiary/aromatic N) is 2. The molecule has 6 nitrogen and oxygen atoms in total. The lowest BCUT2D eigenvalue weighted by Gasteiger charge is -2.36. The lowest BCUT2D eigenvalue weighted by atomic mass is 10.1. The van der Waals surface area contributed by atoms with Gasteiger partial charge in [0.25, 0.3) is 0 Å². The molecule has 0 radical (unpaired) electrons. The van der Waals surface area contributed by atoms with Crippen LogP contribution in [0.1, 0.15) is 32.6 Å². The zero-order chi connectivity index (χ0) is 15.5. The van der Waals surface area contributed by atoms with Crippen molar-refractivity contribution < 1.29 is 13.2 Å². The molecule has 2 aliphatic rings. The normalized spacial score (nSPS) is 20.0. The minimum absolute atomic E-state index is 0. The van der Waals surface area contributed by atoms with Crippen molar-refractivity contribution in [2.45, 2.75) is 38.6 Å². The summed E-state index contributed by atoms with van der Waals surface area (Å²) in [5.41, 5.74) is 0. The molecule has 2 fully saturated rings. The van der Waals surface area contributed by atoms with Crippen LogP contribution in [0.4, 0.5) is 0 Å². The highest BCUT2D eigenvalue weighted by molar-refractivity contribution is 7.88. The zero-order valence-electron chi connectivity index (χ0n) is 13.5. The largest absolute Gasteiger partial charge is 0.341 e. The van der Waals surface area contributed by atoms with Gasteiger partial charge in [-0.2, -0.15) is 4.31 Å². The Bertz CT molecular complexity index is 460. The number of rotatable bonds is 7. The van der Waals surface area contributed by atoms with Crippen LogP contribution in [0.15, 0.2) is 0 Å². The predicted molar refractivity (Wildman–Crippen MR) is 89.7 cm³/mol. The molecule has 0 aromatic rings. The van der Waals surface area contributed by atoms with E-state index in [-0.39, 0.29) is 24.4 Å². The highest BCUT2D eigenvalue weighted by atomic mass is 35.5. The number of hydrogen-bond acceptors (Lipinski definition) is 4. The van der Waals surface area contributed by atoms with Gasteiger partial charge in [-0.1, -0.05) is 6.92 Å². The van der Waals surface area contributed by atoms with Crippen molar-refractivity contribution in [1.29, 1.82) is 0 Å². The first-order valence-corrected chi connectivity index (χ1v) is 9.72. The van der Waals surface area contributed by atoms with Crippen LogP contribution in [0.3, 0.4) is 0 Å². The number of piperidine rings is 1. The second-order valence-corrected chi connectivity index (χ2v) is 8.09. The van der Waals surface area contributed by atoms with Crippen LogP contribution in [-0.4, -0.2) is 68.6 Å². The summed E-state index contributed by atoms with van der Waals surface area (Å²) in [7, 11) is -3.15. The number of carbonyl (C=O) groups is 1. The summed E-state index contributed by atoms with van der Waals surface area (Å²) in [6.07, 6.45) is 5.29. The van der Waals surface area contributed by atoms with Gasteiger partial charge in [-0.05, 0) is 38.1 Å². The monoisotopic (exact) mass is 353 g/mol. The summed E-state index contributed by atoms with van der Waals surface area (Å²) in [5.74, 6) is 0.910. The van der Waals surface area contributed by atoms with Crippen molar-refractivity contribution >= 4 is 28.3 Å². The first-order valence-electron chi connectivity index (χ1n) is 7.87. The molecule has 1 heterocycles. The maximum atomic E-state index is 12.1. The maximum absolute atomic E-state index is 12.1. The number of likely N-dealkylation sites (tertiary alicyclic amines) is 1. The number of nitrogens with one attached hydrogen (secondary N) is 1. The van der Waals surface area contributed by atoms with Crippen molar-refractivity contribution in [2.24, 2.45) is 5.92 Å². The third-order valence-corrected chi connectivity index (χ3v) is 5.78. The summed E-state index contributed by atoms with van der Waals surface area (Å²) >= 11 is 0. The van der Waals surface area contributed by atoms with Crippen LogP contribution >= 0.6 is 12.4 Å². The van der Waals surface area contributed by atoms with Crippen LogP contribution in [-0.2, 0) is 14.8 Å². The average molecular weight is 354 g/mol. The zero-order valence-corrected chi connectivity index (χ0v) is 15.1. The van der Waals surface area contributed by atoms with Crippen LogP contribution in [0.5, 0.6) is 0 Å². The van der Waals surface area contributed by atoms with Crippen molar-refractivity contribution in [3.05, 3.63) is 0 Å². The molecule has 2 rings (SSSR count). The quantitative estimate of drug-likeness (QED) is 0.730. The third-order valence-electron chi connectivity index (χ3n) is 4.37. The van der Waals surface area contributed by atoms with E-state index in [9.17, 15) is 13.2 Å². The Labute approximate surface area is 140 Å². The summed E-state index contributed by atoms with van der Waals surface area (Å²) in [6.45, 7) is 5.02. The fourth-order valence-corrected chi connectivity index (χ4v) is 4.21. The van der Waals surface area contributed by atoms with Gasteiger partial charge in [0.1, 0.15) is 0 Å². The van der Waals surface area contributed by atoms with E-state index in [1.54, 1.807) is 4.31 Å². The van der Waals surface area contributed by atoms with E-state index < -0.39 is 10.0 Å².